The molecule has 184 valence electrons. The summed E-state index contributed by atoms with van der Waals surface area (Å²) in [6.07, 6.45) is 2.63. The highest BCUT2D eigenvalue weighted by molar-refractivity contribution is 7.92. The average molecular weight is 495 g/mol. The number of fused-ring (bicyclic) bond motifs is 1. The Balaban J connectivity index is 1.61. The molecule has 4 rings (SSSR count). The van der Waals surface area contributed by atoms with Crippen LogP contribution in [0.5, 0.6) is 11.5 Å². The maximum atomic E-state index is 13.6. The van der Waals surface area contributed by atoms with Crippen LogP contribution in [0.3, 0.4) is 0 Å². The summed E-state index contributed by atoms with van der Waals surface area (Å²) >= 11 is 0. The maximum absolute atomic E-state index is 13.6. The van der Waals surface area contributed by atoms with Gasteiger partial charge in [0, 0.05) is 0 Å². The Labute approximate surface area is 206 Å². The fourth-order valence-corrected chi connectivity index (χ4v) is 5.76. The number of carbonyl (C=O) groups is 1. The Hall–Kier alpha value is -3.52. The summed E-state index contributed by atoms with van der Waals surface area (Å²) < 4.78 is 38.9. The van der Waals surface area contributed by atoms with Gasteiger partial charge in [-0.2, -0.15) is 0 Å². The number of methoxy groups -OCH3 is 2. The van der Waals surface area contributed by atoms with Gasteiger partial charge in [-0.15, -0.1) is 0 Å². The highest BCUT2D eigenvalue weighted by Crippen LogP contribution is 2.32. The van der Waals surface area contributed by atoms with Crippen LogP contribution in [0.1, 0.15) is 35.6 Å². The molecule has 0 aliphatic heterocycles. The van der Waals surface area contributed by atoms with Crippen LogP contribution in [0.2, 0.25) is 0 Å². The quantitative estimate of drug-likeness (QED) is 0.502. The van der Waals surface area contributed by atoms with Crippen LogP contribution in [-0.4, -0.2) is 35.1 Å². The van der Waals surface area contributed by atoms with Gasteiger partial charge in [-0.05, 0) is 85.8 Å². The van der Waals surface area contributed by atoms with Crippen LogP contribution in [0.25, 0.3) is 0 Å². The molecule has 35 heavy (non-hydrogen) atoms. The van der Waals surface area contributed by atoms with Gasteiger partial charge in [-0.3, -0.25) is 9.10 Å². The van der Waals surface area contributed by atoms with Crippen molar-refractivity contribution in [3.05, 3.63) is 83.4 Å². The Morgan fingerprint density at radius 1 is 0.971 bits per heavy atom. The van der Waals surface area contributed by atoms with Crippen LogP contribution in [0.15, 0.2) is 71.6 Å². The molecule has 3 aromatic carbocycles. The molecule has 0 radical (unpaired) electrons. The first-order valence-corrected chi connectivity index (χ1v) is 13.0. The van der Waals surface area contributed by atoms with Crippen molar-refractivity contribution in [3.63, 3.8) is 0 Å². The number of amides is 1. The van der Waals surface area contributed by atoms with Gasteiger partial charge in [0.1, 0.15) is 18.0 Å². The molecule has 0 fully saturated rings. The molecule has 1 N–H and O–H groups in total. The second-order valence-corrected chi connectivity index (χ2v) is 10.5. The second-order valence-electron chi connectivity index (χ2n) is 8.60. The zero-order chi connectivity index (χ0) is 25.0. The van der Waals surface area contributed by atoms with Crippen molar-refractivity contribution in [2.24, 2.45) is 0 Å². The standard InChI is InChI=1S/C27H30N2O5S/c1-19-7-14-24(15-8-19)35(31,32)29(21-9-11-22(33-2)12-10-21)18-27(30)28-26-6-4-5-20-17-23(34-3)13-16-25(20)26/h7-17,26H,4-6,18H2,1-3H3,(H,28,30). The fourth-order valence-electron chi connectivity index (χ4n) is 4.34. The topological polar surface area (TPSA) is 84.9 Å². The van der Waals surface area contributed by atoms with E-state index < -0.39 is 10.0 Å². The predicted octanol–water partition coefficient (Wildman–Crippen LogP) is 4.40. The van der Waals surface area contributed by atoms with Gasteiger partial charge in [-0.25, -0.2) is 8.42 Å². The van der Waals surface area contributed by atoms with E-state index in [4.69, 9.17) is 9.47 Å². The molecule has 0 saturated heterocycles. The van der Waals surface area contributed by atoms with Crippen LogP contribution in [0.4, 0.5) is 5.69 Å². The largest absolute Gasteiger partial charge is 0.497 e. The van der Waals surface area contributed by atoms with E-state index in [1.54, 1.807) is 62.8 Å². The summed E-state index contributed by atoms with van der Waals surface area (Å²) in [5.74, 6) is 1.01. The van der Waals surface area contributed by atoms with E-state index in [0.717, 1.165) is 46.0 Å². The van der Waals surface area contributed by atoms with Crippen molar-refractivity contribution in [2.45, 2.75) is 37.1 Å². The van der Waals surface area contributed by atoms with Gasteiger partial charge in [-0.1, -0.05) is 23.8 Å². The lowest BCUT2D eigenvalue weighted by Crippen LogP contribution is -2.42. The van der Waals surface area contributed by atoms with Crippen molar-refractivity contribution in [2.75, 3.05) is 25.1 Å². The van der Waals surface area contributed by atoms with E-state index in [9.17, 15) is 13.2 Å². The van der Waals surface area contributed by atoms with Crippen LogP contribution in [0, 0.1) is 6.92 Å². The minimum absolute atomic E-state index is 0.127. The molecule has 1 amide bonds. The number of benzene rings is 3. The Morgan fingerprint density at radius 2 is 1.63 bits per heavy atom. The number of aryl methyl sites for hydroxylation is 2. The number of anilines is 1. The molecule has 0 saturated carbocycles. The lowest BCUT2D eigenvalue weighted by Gasteiger charge is -2.29. The monoisotopic (exact) mass is 494 g/mol. The van der Waals surface area contributed by atoms with Crippen molar-refractivity contribution in [1.29, 1.82) is 0 Å². The first kappa shape index (κ1) is 24.6. The number of carbonyl (C=O) groups excluding carboxylic acids is 1. The normalized spacial score (nSPS) is 15.1. The summed E-state index contributed by atoms with van der Waals surface area (Å²) in [6.45, 7) is 1.55. The Morgan fingerprint density at radius 3 is 2.29 bits per heavy atom. The molecule has 0 heterocycles. The minimum Gasteiger partial charge on any atom is -0.497 e. The molecule has 1 unspecified atom stereocenters. The van der Waals surface area contributed by atoms with Gasteiger partial charge in [0.05, 0.1) is 30.8 Å². The molecule has 0 aromatic heterocycles. The van der Waals surface area contributed by atoms with Gasteiger partial charge in [0.15, 0.2) is 0 Å². The summed E-state index contributed by atoms with van der Waals surface area (Å²) in [5.41, 5.74) is 3.52. The highest BCUT2D eigenvalue weighted by Gasteiger charge is 2.29. The summed E-state index contributed by atoms with van der Waals surface area (Å²) in [4.78, 5) is 13.3. The number of rotatable bonds is 8. The van der Waals surface area contributed by atoms with Gasteiger partial charge < -0.3 is 14.8 Å². The lowest BCUT2D eigenvalue weighted by atomic mass is 9.87. The highest BCUT2D eigenvalue weighted by atomic mass is 32.2. The Bertz CT molecular complexity index is 1290. The molecule has 1 atom stereocenters. The lowest BCUT2D eigenvalue weighted by molar-refractivity contribution is -0.120. The number of hydrogen-bond donors (Lipinski definition) is 1. The van der Waals surface area contributed by atoms with E-state index >= 15 is 0 Å². The molecular weight excluding hydrogens is 464 g/mol. The number of nitrogens with zero attached hydrogens (tertiary/aromatic N) is 1. The molecular formula is C27H30N2O5S. The van der Waals surface area contributed by atoms with E-state index in [-0.39, 0.29) is 23.4 Å². The summed E-state index contributed by atoms with van der Waals surface area (Å²) in [5, 5.41) is 3.06. The molecule has 3 aromatic rings. The number of hydrogen-bond acceptors (Lipinski definition) is 5. The molecule has 7 nitrogen and oxygen atoms in total. The molecule has 8 heteroatoms. The second kappa shape index (κ2) is 10.4. The third-order valence-corrected chi connectivity index (χ3v) is 8.04. The first-order valence-electron chi connectivity index (χ1n) is 11.5. The van der Waals surface area contributed by atoms with E-state index in [1.165, 1.54) is 0 Å². The smallest absolute Gasteiger partial charge is 0.264 e. The fraction of sp³-hybridized carbons (Fsp3) is 0.296. The number of sulfonamides is 1. The molecule has 0 spiro atoms. The molecule has 1 aliphatic rings. The van der Waals surface area contributed by atoms with Gasteiger partial charge in [0.2, 0.25) is 5.91 Å². The van der Waals surface area contributed by atoms with Gasteiger partial charge >= 0.3 is 0 Å². The average Bonchev–Trinajstić information content (AvgIpc) is 2.87. The van der Waals surface area contributed by atoms with Crippen LogP contribution < -0.4 is 19.1 Å². The third kappa shape index (κ3) is 5.43. The summed E-state index contributed by atoms with van der Waals surface area (Å²) in [6, 6.07) is 18.9. The summed E-state index contributed by atoms with van der Waals surface area (Å²) in [7, 11) is -0.807. The van der Waals surface area contributed by atoms with Crippen molar-refractivity contribution >= 4 is 21.6 Å². The van der Waals surface area contributed by atoms with Crippen molar-refractivity contribution in [1.82, 2.24) is 5.32 Å². The van der Waals surface area contributed by atoms with Gasteiger partial charge in [0.25, 0.3) is 10.0 Å². The van der Waals surface area contributed by atoms with Crippen LogP contribution >= 0.6 is 0 Å². The zero-order valence-corrected chi connectivity index (χ0v) is 21.0. The molecule has 1 aliphatic carbocycles. The zero-order valence-electron chi connectivity index (χ0n) is 20.2. The first-order chi connectivity index (χ1) is 16.8. The van der Waals surface area contributed by atoms with Crippen molar-refractivity contribution < 1.29 is 22.7 Å². The van der Waals surface area contributed by atoms with Crippen molar-refractivity contribution in [3.8, 4) is 11.5 Å². The number of nitrogens with one attached hydrogen (secondary N) is 1. The van der Waals surface area contributed by atoms with E-state index in [0.29, 0.717) is 11.4 Å². The van der Waals surface area contributed by atoms with Crippen LogP contribution in [-0.2, 0) is 21.2 Å². The Kier molecular flexibility index (Phi) is 7.31. The molecule has 0 bridgehead atoms. The van der Waals surface area contributed by atoms with E-state index in [2.05, 4.69) is 5.32 Å². The maximum Gasteiger partial charge on any atom is 0.264 e. The predicted molar refractivity (Wildman–Crippen MR) is 136 cm³/mol. The minimum atomic E-state index is -3.98. The third-order valence-electron chi connectivity index (χ3n) is 6.26. The SMILES string of the molecule is COc1ccc(N(CC(=O)NC2CCCc3cc(OC)ccc32)S(=O)(=O)c2ccc(C)cc2)cc1. The number of ether oxygens (including phenoxy) is 2. The van der Waals surface area contributed by atoms with E-state index in [1.807, 2.05) is 25.1 Å².